The van der Waals surface area contributed by atoms with Gasteiger partial charge in [-0.15, -0.1) is 0 Å². The molecule has 0 aliphatic heterocycles. The van der Waals surface area contributed by atoms with Gasteiger partial charge in [-0.2, -0.15) is 0 Å². The monoisotopic (exact) mass is 366 g/mol. The topological polar surface area (TPSA) is 80.3 Å². The van der Waals surface area contributed by atoms with E-state index in [0.29, 0.717) is 11.8 Å². The zero-order valence-electron chi connectivity index (χ0n) is 17.0. The van der Waals surface area contributed by atoms with E-state index in [1.807, 2.05) is 0 Å². The summed E-state index contributed by atoms with van der Waals surface area (Å²) in [5.41, 5.74) is 0. The molecule has 0 aliphatic carbocycles. The molecular weight excluding hydrogens is 329 g/mol. The molecule has 0 atom stereocenters. The van der Waals surface area contributed by atoms with Crippen LogP contribution in [0.25, 0.3) is 0 Å². The van der Waals surface area contributed by atoms with Crippen LogP contribution in [0.2, 0.25) is 0 Å². The number of rotatable bonds is 14. The van der Waals surface area contributed by atoms with Crippen LogP contribution >= 0.6 is 0 Å². The van der Waals surface area contributed by atoms with E-state index in [2.05, 4.69) is 27.7 Å². The molecule has 0 radical (unpaired) electrons. The summed E-state index contributed by atoms with van der Waals surface area (Å²) < 4.78 is 0. The van der Waals surface area contributed by atoms with Crippen molar-refractivity contribution in [3.05, 3.63) is 0 Å². The SMILES string of the molecule is CCCC(CCC)CCC(=O)[O-].CCCC(CCC)CCC(=O)[O-].[Mg+2]. The van der Waals surface area contributed by atoms with Gasteiger partial charge in [0, 0.05) is 11.9 Å². The van der Waals surface area contributed by atoms with Gasteiger partial charge < -0.3 is 19.8 Å². The summed E-state index contributed by atoms with van der Waals surface area (Å²) in [6.07, 6.45) is 11.3. The Kier molecular flexibility index (Phi) is 25.6. The van der Waals surface area contributed by atoms with Gasteiger partial charge in [-0.05, 0) is 37.5 Å². The maximum absolute atomic E-state index is 10.2. The molecule has 0 fully saturated rings. The van der Waals surface area contributed by atoms with E-state index in [9.17, 15) is 19.8 Å². The van der Waals surface area contributed by atoms with Gasteiger partial charge in [-0.25, -0.2) is 0 Å². The van der Waals surface area contributed by atoms with Crippen LogP contribution in [0.5, 0.6) is 0 Å². The molecule has 4 nitrogen and oxygen atoms in total. The van der Waals surface area contributed by atoms with Gasteiger partial charge in [-0.1, -0.05) is 79.1 Å². The second kappa shape index (κ2) is 21.7. The minimum atomic E-state index is -0.910. The molecule has 0 bridgehead atoms. The fraction of sp³-hybridized carbons (Fsp3) is 0.900. The zero-order valence-corrected chi connectivity index (χ0v) is 18.4. The van der Waals surface area contributed by atoms with Crippen molar-refractivity contribution in [3.63, 3.8) is 0 Å². The Morgan fingerprint density at radius 1 is 0.600 bits per heavy atom. The molecule has 0 rings (SSSR count). The zero-order chi connectivity index (χ0) is 18.8. The number of carbonyl (C=O) groups excluding carboxylic acids is 2. The molecule has 0 saturated carbocycles. The Hall–Kier alpha value is -0.294. The predicted octanol–water partition coefficient (Wildman–Crippen LogP) is 3.09. The molecule has 0 aliphatic rings. The third kappa shape index (κ3) is 23.7. The minimum Gasteiger partial charge on any atom is -0.550 e. The second-order valence-electron chi connectivity index (χ2n) is 6.71. The Morgan fingerprint density at radius 2 is 0.840 bits per heavy atom. The molecule has 0 spiro atoms. The first kappa shape index (κ1) is 29.5. The number of carboxylic acids is 2. The first-order chi connectivity index (χ1) is 11.4. The molecule has 5 heteroatoms. The number of carbonyl (C=O) groups is 2. The summed E-state index contributed by atoms with van der Waals surface area (Å²) in [5.74, 6) is -0.629. The van der Waals surface area contributed by atoms with E-state index in [-0.39, 0.29) is 35.9 Å². The normalized spacial score (nSPS) is 10.2. The fourth-order valence-corrected chi connectivity index (χ4v) is 3.14. The average molecular weight is 367 g/mol. The fourth-order valence-electron chi connectivity index (χ4n) is 3.14. The molecule has 0 aromatic carbocycles. The van der Waals surface area contributed by atoms with Crippen molar-refractivity contribution in [2.24, 2.45) is 11.8 Å². The van der Waals surface area contributed by atoms with Crippen LogP contribution < -0.4 is 10.2 Å². The van der Waals surface area contributed by atoms with Crippen LogP contribution in [0.1, 0.15) is 105 Å². The van der Waals surface area contributed by atoms with Crippen LogP contribution in [0.4, 0.5) is 0 Å². The third-order valence-electron chi connectivity index (χ3n) is 4.30. The van der Waals surface area contributed by atoms with Crippen LogP contribution in [0.15, 0.2) is 0 Å². The summed E-state index contributed by atoms with van der Waals surface area (Å²) in [6.45, 7) is 8.56. The molecule has 0 heterocycles. The average Bonchev–Trinajstić information content (AvgIpc) is 2.52. The third-order valence-corrected chi connectivity index (χ3v) is 4.30. The maximum atomic E-state index is 10.2. The van der Waals surface area contributed by atoms with Gasteiger partial charge in [0.15, 0.2) is 0 Å². The molecule has 0 N–H and O–H groups in total. The van der Waals surface area contributed by atoms with Gasteiger partial charge in [0.05, 0.1) is 0 Å². The largest absolute Gasteiger partial charge is 2.00 e. The van der Waals surface area contributed by atoms with E-state index in [1.165, 1.54) is 0 Å². The maximum Gasteiger partial charge on any atom is 2.00 e. The van der Waals surface area contributed by atoms with E-state index in [4.69, 9.17) is 0 Å². The van der Waals surface area contributed by atoms with Crippen molar-refractivity contribution in [2.45, 2.75) is 105 Å². The number of carboxylic acid groups (broad SMARTS) is 2. The van der Waals surface area contributed by atoms with Crippen LogP contribution in [-0.2, 0) is 9.59 Å². The van der Waals surface area contributed by atoms with E-state index in [0.717, 1.165) is 64.2 Å². The van der Waals surface area contributed by atoms with Crippen molar-refractivity contribution >= 4 is 35.0 Å². The summed E-state index contributed by atoms with van der Waals surface area (Å²) in [4.78, 5) is 20.4. The first-order valence-corrected chi connectivity index (χ1v) is 9.80. The molecule has 0 aromatic heterocycles. The van der Waals surface area contributed by atoms with Crippen LogP contribution in [0, 0.1) is 11.8 Å². The van der Waals surface area contributed by atoms with E-state index < -0.39 is 11.9 Å². The molecule has 0 aromatic rings. The van der Waals surface area contributed by atoms with Crippen LogP contribution in [-0.4, -0.2) is 35.0 Å². The summed E-state index contributed by atoms with van der Waals surface area (Å²) in [5, 5.41) is 20.4. The summed E-state index contributed by atoms with van der Waals surface area (Å²) >= 11 is 0. The second-order valence-corrected chi connectivity index (χ2v) is 6.71. The predicted molar refractivity (Wildman–Crippen MR) is 101 cm³/mol. The van der Waals surface area contributed by atoms with Crippen molar-refractivity contribution in [1.29, 1.82) is 0 Å². The summed E-state index contributed by atoms with van der Waals surface area (Å²) in [7, 11) is 0. The Labute approximate surface area is 171 Å². The van der Waals surface area contributed by atoms with Crippen molar-refractivity contribution in [3.8, 4) is 0 Å². The molecule has 0 amide bonds. The Morgan fingerprint density at radius 3 is 1.00 bits per heavy atom. The molecule has 144 valence electrons. The van der Waals surface area contributed by atoms with Gasteiger partial charge in [0.1, 0.15) is 0 Å². The smallest absolute Gasteiger partial charge is 0.550 e. The van der Waals surface area contributed by atoms with Gasteiger partial charge >= 0.3 is 23.1 Å². The Bertz CT molecular complexity index is 266. The first-order valence-electron chi connectivity index (χ1n) is 9.80. The van der Waals surface area contributed by atoms with Gasteiger partial charge in [0.2, 0.25) is 0 Å². The van der Waals surface area contributed by atoms with Crippen LogP contribution in [0.3, 0.4) is 0 Å². The van der Waals surface area contributed by atoms with Crippen molar-refractivity contribution in [1.82, 2.24) is 0 Å². The Balaban J connectivity index is -0.000000372. The van der Waals surface area contributed by atoms with Gasteiger partial charge in [-0.3, -0.25) is 0 Å². The number of hydrogen-bond acceptors (Lipinski definition) is 4. The van der Waals surface area contributed by atoms with E-state index in [1.54, 1.807) is 0 Å². The van der Waals surface area contributed by atoms with Crippen molar-refractivity contribution < 1.29 is 19.8 Å². The van der Waals surface area contributed by atoms with Crippen molar-refractivity contribution in [2.75, 3.05) is 0 Å². The van der Waals surface area contributed by atoms with Gasteiger partial charge in [0.25, 0.3) is 0 Å². The standard InChI is InChI=1S/2C10H20O2.Mg/c2*1-3-5-9(6-4-2)7-8-10(11)12;/h2*9H,3-8H2,1-2H3,(H,11,12);/q;;+2/p-2. The molecule has 25 heavy (non-hydrogen) atoms. The molecule has 0 unspecified atom stereocenters. The summed E-state index contributed by atoms with van der Waals surface area (Å²) in [6, 6.07) is 0. The number of hydrogen-bond donors (Lipinski definition) is 0. The molecular formula is C20H38MgO4. The molecule has 0 saturated heterocycles. The quantitative estimate of drug-likeness (QED) is 0.442. The van der Waals surface area contributed by atoms with E-state index >= 15 is 0 Å². The number of aliphatic carboxylic acids is 2. The minimum absolute atomic E-state index is 0.